The number of anilines is 1. The Bertz CT molecular complexity index is 736. The summed E-state index contributed by atoms with van der Waals surface area (Å²) in [6.07, 6.45) is -3.46. The Morgan fingerprint density at radius 1 is 1.23 bits per heavy atom. The molecule has 0 fully saturated rings. The maximum absolute atomic E-state index is 12.7. The molecule has 1 aromatic carbocycles. The Kier molecular flexibility index (Phi) is 4.48. The lowest BCUT2D eigenvalue weighted by Gasteiger charge is -2.12. The fourth-order valence-electron chi connectivity index (χ4n) is 1.59. The van der Waals surface area contributed by atoms with E-state index in [-0.39, 0.29) is 21.3 Å². The molecule has 2 aromatic rings. The molecule has 22 heavy (non-hydrogen) atoms. The standard InChI is InChI=1S/C13H7Cl2F3N2O2/c14-7-4-8(11(21)19-5-7)12(22)20-10-3-6(13(16,17)18)1-2-9(10)15/h1-5H,(H,19,21)(H,20,22). The molecule has 116 valence electrons. The predicted octanol–water partition coefficient (Wildman–Crippen LogP) is 4.37. The summed E-state index contributed by atoms with van der Waals surface area (Å²) in [6, 6.07) is 3.61. The topological polar surface area (TPSA) is 62.2 Å². The van der Waals surface area contributed by atoms with Crippen molar-refractivity contribution in [2.24, 2.45) is 0 Å². The average molecular weight is 351 g/mol. The highest BCUT2D eigenvalue weighted by molar-refractivity contribution is 6.34. The maximum Gasteiger partial charge on any atom is 0.416 e. The molecule has 4 nitrogen and oxygen atoms in total. The van der Waals surface area contributed by atoms with Gasteiger partial charge in [0, 0.05) is 6.20 Å². The summed E-state index contributed by atoms with van der Waals surface area (Å²) in [5.41, 5.74) is -1.51. The SMILES string of the molecule is O=C(Nc1cc(C(F)(F)F)ccc1Cl)c1cc(Cl)cnc1O. The average Bonchev–Trinajstić information content (AvgIpc) is 2.42. The number of hydrogen-bond acceptors (Lipinski definition) is 3. The van der Waals surface area contributed by atoms with Crippen LogP contribution in [0, 0.1) is 0 Å². The van der Waals surface area contributed by atoms with Crippen LogP contribution in [-0.4, -0.2) is 16.0 Å². The van der Waals surface area contributed by atoms with E-state index in [1.807, 2.05) is 0 Å². The third-order valence-electron chi connectivity index (χ3n) is 2.62. The molecule has 9 heteroatoms. The fourth-order valence-corrected chi connectivity index (χ4v) is 1.91. The molecule has 0 spiro atoms. The van der Waals surface area contributed by atoms with E-state index in [4.69, 9.17) is 23.2 Å². The Balaban J connectivity index is 2.34. The molecule has 1 amide bonds. The van der Waals surface area contributed by atoms with E-state index < -0.39 is 23.5 Å². The first-order valence-corrected chi connectivity index (χ1v) is 6.46. The number of carbonyl (C=O) groups excluding carboxylic acids is 1. The first-order valence-electron chi connectivity index (χ1n) is 5.71. The van der Waals surface area contributed by atoms with Gasteiger partial charge in [-0.15, -0.1) is 0 Å². The van der Waals surface area contributed by atoms with Gasteiger partial charge in [0.05, 0.1) is 21.3 Å². The summed E-state index contributed by atoms with van der Waals surface area (Å²) < 4.78 is 38.0. The number of nitrogens with one attached hydrogen (secondary N) is 1. The molecular weight excluding hydrogens is 344 g/mol. The smallest absolute Gasteiger partial charge is 0.416 e. The van der Waals surface area contributed by atoms with E-state index in [0.29, 0.717) is 6.07 Å². The van der Waals surface area contributed by atoms with Gasteiger partial charge in [-0.3, -0.25) is 4.79 Å². The van der Waals surface area contributed by atoms with Crippen LogP contribution in [0.1, 0.15) is 15.9 Å². The van der Waals surface area contributed by atoms with Gasteiger partial charge in [0.25, 0.3) is 5.91 Å². The Morgan fingerprint density at radius 2 is 1.91 bits per heavy atom. The predicted molar refractivity (Wildman–Crippen MR) is 75.3 cm³/mol. The van der Waals surface area contributed by atoms with Crippen LogP contribution >= 0.6 is 23.2 Å². The quantitative estimate of drug-likeness (QED) is 0.845. The molecule has 0 saturated carbocycles. The van der Waals surface area contributed by atoms with Gasteiger partial charge in [-0.2, -0.15) is 13.2 Å². The van der Waals surface area contributed by atoms with Crippen molar-refractivity contribution in [3.05, 3.63) is 51.6 Å². The van der Waals surface area contributed by atoms with Crippen LogP contribution in [-0.2, 0) is 6.18 Å². The van der Waals surface area contributed by atoms with Crippen molar-refractivity contribution in [1.29, 1.82) is 0 Å². The van der Waals surface area contributed by atoms with Crippen LogP contribution in [0.4, 0.5) is 18.9 Å². The molecule has 2 N–H and O–H groups in total. The largest absolute Gasteiger partial charge is 0.493 e. The third kappa shape index (κ3) is 3.61. The van der Waals surface area contributed by atoms with E-state index in [1.54, 1.807) is 0 Å². The molecule has 2 rings (SSSR count). The molecule has 0 aliphatic rings. The number of pyridine rings is 1. The van der Waals surface area contributed by atoms with Crippen molar-refractivity contribution in [1.82, 2.24) is 4.98 Å². The number of amides is 1. The Hall–Kier alpha value is -1.99. The zero-order valence-electron chi connectivity index (χ0n) is 10.6. The molecule has 0 aliphatic carbocycles. The van der Waals surface area contributed by atoms with E-state index in [0.717, 1.165) is 24.4 Å². The molecular formula is C13H7Cl2F3N2O2. The number of carbonyl (C=O) groups is 1. The minimum Gasteiger partial charge on any atom is -0.493 e. The first kappa shape index (κ1) is 16.4. The number of rotatable bonds is 2. The lowest BCUT2D eigenvalue weighted by molar-refractivity contribution is -0.137. The summed E-state index contributed by atoms with van der Waals surface area (Å²) in [4.78, 5) is 15.5. The molecule has 0 radical (unpaired) electrons. The molecule has 1 heterocycles. The number of nitrogens with zero attached hydrogens (tertiary/aromatic N) is 1. The molecule has 0 saturated heterocycles. The zero-order valence-corrected chi connectivity index (χ0v) is 12.1. The summed E-state index contributed by atoms with van der Waals surface area (Å²) in [7, 11) is 0. The van der Waals surface area contributed by atoms with Gasteiger partial charge >= 0.3 is 6.18 Å². The minimum atomic E-state index is -4.58. The van der Waals surface area contributed by atoms with E-state index in [2.05, 4.69) is 10.3 Å². The van der Waals surface area contributed by atoms with Gasteiger partial charge in [0.1, 0.15) is 5.56 Å². The Labute approximate surface area is 132 Å². The van der Waals surface area contributed by atoms with E-state index >= 15 is 0 Å². The van der Waals surface area contributed by atoms with E-state index in [9.17, 15) is 23.1 Å². The first-order chi connectivity index (χ1) is 10.2. The van der Waals surface area contributed by atoms with Crippen molar-refractivity contribution in [3.8, 4) is 5.88 Å². The van der Waals surface area contributed by atoms with Gasteiger partial charge in [0.15, 0.2) is 0 Å². The lowest BCUT2D eigenvalue weighted by Crippen LogP contribution is -2.14. The fraction of sp³-hybridized carbons (Fsp3) is 0.0769. The number of hydrogen-bond donors (Lipinski definition) is 2. The molecule has 0 bridgehead atoms. The third-order valence-corrected chi connectivity index (χ3v) is 3.16. The van der Waals surface area contributed by atoms with Crippen LogP contribution in [0.3, 0.4) is 0 Å². The van der Waals surface area contributed by atoms with Crippen molar-refractivity contribution in [2.75, 3.05) is 5.32 Å². The summed E-state index contributed by atoms with van der Waals surface area (Å²) in [5, 5.41) is 11.7. The summed E-state index contributed by atoms with van der Waals surface area (Å²) in [5.74, 6) is -1.50. The number of halogens is 5. The highest BCUT2D eigenvalue weighted by atomic mass is 35.5. The van der Waals surface area contributed by atoms with Gasteiger partial charge < -0.3 is 10.4 Å². The van der Waals surface area contributed by atoms with Gasteiger partial charge in [-0.25, -0.2) is 4.98 Å². The van der Waals surface area contributed by atoms with Crippen LogP contribution in [0.15, 0.2) is 30.5 Å². The zero-order chi connectivity index (χ0) is 16.5. The van der Waals surface area contributed by atoms with Crippen molar-refractivity contribution < 1.29 is 23.1 Å². The normalized spacial score (nSPS) is 11.3. The number of benzene rings is 1. The van der Waals surface area contributed by atoms with E-state index in [1.165, 1.54) is 0 Å². The van der Waals surface area contributed by atoms with Gasteiger partial charge in [0.2, 0.25) is 5.88 Å². The second-order valence-corrected chi connectivity index (χ2v) is 5.01. The van der Waals surface area contributed by atoms with Crippen LogP contribution in [0.25, 0.3) is 0 Å². The van der Waals surface area contributed by atoms with Gasteiger partial charge in [-0.1, -0.05) is 23.2 Å². The maximum atomic E-state index is 12.7. The number of aromatic hydroxyl groups is 1. The molecule has 0 atom stereocenters. The van der Waals surface area contributed by atoms with Crippen LogP contribution in [0.5, 0.6) is 5.88 Å². The second kappa shape index (κ2) is 6.02. The molecule has 1 aromatic heterocycles. The highest BCUT2D eigenvalue weighted by Crippen LogP contribution is 2.34. The summed E-state index contributed by atoms with van der Waals surface area (Å²) in [6.45, 7) is 0. The number of aromatic nitrogens is 1. The highest BCUT2D eigenvalue weighted by Gasteiger charge is 2.31. The second-order valence-electron chi connectivity index (χ2n) is 4.17. The molecule has 0 unspecified atom stereocenters. The van der Waals surface area contributed by atoms with Crippen LogP contribution < -0.4 is 5.32 Å². The molecule has 0 aliphatic heterocycles. The van der Waals surface area contributed by atoms with Gasteiger partial charge in [-0.05, 0) is 24.3 Å². The Morgan fingerprint density at radius 3 is 2.55 bits per heavy atom. The lowest BCUT2D eigenvalue weighted by atomic mass is 10.2. The minimum absolute atomic E-state index is 0.0816. The van der Waals surface area contributed by atoms with Crippen molar-refractivity contribution >= 4 is 34.8 Å². The van der Waals surface area contributed by atoms with Crippen molar-refractivity contribution in [3.63, 3.8) is 0 Å². The summed E-state index contributed by atoms with van der Waals surface area (Å²) >= 11 is 11.4. The van der Waals surface area contributed by atoms with Crippen LogP contribution in [0.2, 0.25) is 10.0 Å². The monoisotopic (exact) mass is 350 g/mol. The van der Waals surface area contributed by atoms with Crippen molar-refractivity contribution in [2.45, 2.75) is 6.18 Å². The number of alkyl halides is 3.